The van der Waals surface area contributed by atoms with Crippen molar-refractivity contribution >= 4 is 11.7 Å². The molecule has 0 saturated heterocycles. The lowest BCUT2D eigenvalue weighted by atomic mass is 10.2. The molecule has 1 heterocycles. The number of benzene rings is 1. The molecule has 0 saturated carbocycles. The lowest BCUT2D eigenvalue weighted by Crippen LogP contribution is -2.26. The van der Waals surface area contributed by atoms with Crippen LogP contribution < -0.4 is 10.2 Å². The average molecular weight is 292 g/mol. The third kappa shape index (κ3) is 3.50. The van der Waals surface area contributed by atoms with E-state index in [9.17, 15) is 13.6 Å². The van der Waals surface area contributed by atoms with Crippen LogP contribution in [0.1, 0.15) is 16.2 Å². The van der Waals surface area contributed by atoms with Gasteiger partial charge in [-0.05, 0) is 18.2 Å². The molecule has 1 aromatic heterocycles. The molecular formula is C14H14F2N4O. The van der Waals surface area contributed by atoms with Crippen LogP contribution in [0.2, 0.25) is 0 Å². The van der Waals surface area contributed by atoms with Crippen molar-refractivity contribution in [2.75, 3.05) is 19.0 Å². The van der Waals surface area contributed by atoms with Gasteiger partial charge in [-0.1, -0.05) is 6.07 Å². The molecule has 0 aliphatic carbocycles. The van der Waals surface area contributed by atoms with Gasteiger partial charge in [0.15, 0.2) is 0 Å². The van der Waals surface area contributed by atoms with E-state index in [1.54, 1.807) is 17.2 Å². The highest BCUT2D eigenvalue weighted by Gasteiger charge is 2.16. The number of aromatic nitrogens is 2. The van der Waals surface area contributed by atoms with E-state index in [2.05, 4.69) is 15.3 Å². The van der Waals surface area contributed by atoms with Gasteiger partial charge in [-0.2, -0.15) is 0 Å². The highest BCUT2D eigenvalue weighted by Crippen LogP contribution is 2.12. The summed E-state index contributed by atoms with van der Waals surface area (Å²) in [6.07, 6.45) is 1.55. The molecular weight excluding hydrogens is 278 g/mol. The van der Waals surface area contributed by atoms with E-state index in [1.807, 2.05) is 14.1 Å². The second-order valence-corrected chi connectivity index (χ2v) is 4.50. The van der Waals surface area contributed by atoms with Crippen molar-refractivity contribution < 1.29 is 13.6 Å². The number of hydrogen-bond donors (Lipinski definition) is 1. The van der Waals surface area contributed by atoms with Gasteiger partial charge in [0.05, 0.1) is 6.54 Å². The number of halogens is 2. The fraction of sp³-hybridized carbons (Fsp3) is 0.214. The minimum atomic E-state index is -0.907. The molecule has 0 unspecified atom stereocenters. The summed E-state index contributed by atoms with van der Waals surface area (Å²) in [6, 6.07) is 4.97. The monoisotopic (exact) mass is 292 g/mol. The number of nitrogens with one attached hydrogen (secondary N) is 1. The van der Waals surface area contributed by atoms with E-state index in [0.29, 0.717) is 11.6 Å². The summed E-state index contributed by atoms with van der Waals surface area (Å²) in [5.41, 5.74) is -0.610. The van der Waals surface area contributed by atoms with E-state index < -0.39 is 23.1 Å². The van der Waals surface area contributed by atoms with Gasteiger partial charge in [-0.15, -0.1) is 0 Å². The topological polar surface area (TPSA) is 58.1 Å². The molecule has 110 valence electrons. The van der Waals surface area contributed by atoms with E-state index >= 15 is 0 Å². The van der Waals surface area contributed by atoms with Crippen molar-refractivity contribution in [3.63, 3.8) is 0 Å². The molecule has 1 amide bonds. The van der Waals surface area contributed by atoms with Gasteiger partial charge in [0, 0.05) is 20.3 Å². The normalized spacial score (nSPS) is 10.3. The predicted molar refractivity (Wildman–Crippen MR) is 73.9 cm³/mol. The molecule has 21 heavy (non-hydrogen) atoms. The predicted octanol–water partition coefficient (Wildman–Crippen LogP) is 1.75. The maximum atomic E-state index is 13.5. The molecule has 0 radical (unpaired) electrons. The summed E-state index contributed by atoms with van der Waals surface area (Å²) in [4.78, 5) is 21.8. The molecule has 5 nitrogen and oxygen atoms in total. The van der Waals surface area contributed by atoms with Gasteiger partial charge in [0.1, 0.15) is 28.8 Å². The third-order valence-electron chi connectivity index (χ3n) is 2.75. The third-order valence-corrected chi connectivity index (χ3v) is 2.75. The molecule has 0 aliphatic rings. The van der Waals surface area contributed by atoms with Gasteiger partial charge in [0.25, 0.3) is 5.91 Å². The first-order valence-electron chi connectivity index (χ1n) is 6.20. The first-order valence-corrected chi connectivity index (χ1v) is 6.20. The summed E-state index contributed by atoms with van der Waals surface area (Å²) in [5.74, 6) is -1.63. The Morgan fingerprint density at radius 2 is 1.90 bits per heavy atom. The first-order chi connectivity index (χ1) is 9.99. The standard InChI is InChI=1S/C14H14F2N4O/c1-20(2)12-6-7-17-11(19-12)8-18-14(21)13-9(15)4-3-5-10(13)16/h3-7H,8H2,1-2H3,(H,18,21). The quantitative estimate of drug-likeness (QED) is 0.932. The second-order valence-electron chi connectivity index (χ2n) is 4.50. The number of carbonyl (C=O) groups is 1. The van der Waals surface area contributed by atoms with Crippen LogP contribution in [-0.2, 0) is 6.54 Å². The summed E-state index contributed by atoms with van der Waals surface area (Å²) < 4.78 is 26.9. The summed E-state index contributed by atoms with van der Waals surface area (Å²) in [6.45, 7) is -0.0196. The Labute approximate surface area is 120 Å². The number of amides is 1. The lowest BCUT2D eigenvalue weighted by Gasteiger charge is -2.12. The van der Waals surface area contributed by atoms with Crippen molar-refractivity contribution in [1.29, 1.82) is 0 Å². The number of rotatable bonds is 4. The summed E-state index contributed by atoms with van der Waals surface area (Å²) in [7, 11) is 3.64. The average Bonchev–Trinajstić information content (AvgIpc) is 2.45. The number of hydrogen-bond acceptors (Lipinski definition) is 4. The van der Waals surface area contributed by atoms with Crippen molar-refractivity contribution in [2.45, 2.75) is 6.54 Å². The van der Waals surface area contributed by atoms with Gasteiger partial charge in [-0.25, -0.2) is 18.7 Å². The zero-order chi connectivity index (χ0) is 15.4. The van der Waals surface area contributed by atoms with Crippen molar-refractivity contribution in [3.8, 4) is 0 Å². The Hall–Kier alpha value is -2.57. The highest BCUT2D eigenvalue weighted by atomic mass is 19.1. The van der Waals surface area contributed by atoms with E-state index in [0.717, 1.165) is 12.1 Å². The molecule has 0 bridgehead atoms. The van der Waals surface area contributed by atoms with Crippen LogP contribution in [0.15, 0.2) is 30.5 Å². The SMILES string of the molecule is CN(C)c1ccnc(CNC(=O)c2c(F)cccc2F)n1. The fourth-order valence-electron chi connectivity index (χ4n) is 1.69. The van der Waals surface area contributed by atoms with Crippen molar-refractivity contribution in [3.05, 3.63) is 53.5 Å². The minimum absolute atomic E-state index is 0.0196. The van der Waals surface area contributed by atoms with E-state index in [4.69, 9.17) is 0 Å². The molecule has 0 aliphatic heterocycles. The highest BCUT2D eigenvalue weighted by molar-refractivity contribution is 5.94. The van der Waals surface area contributed by atoms with Crippen LogP contribution in [-0.4, -0.2) is 30.0 Å². The van der Waals surface area contributed by atoms with Gasteiger partial charge >= 0.3 is 0 Å². The Morgan fingerprint density at radius 3 is 2.52 bits per heavy atom. The van der Waals surface area contributed by atoms with Crippen LogP contribution in [0.5, 0.6) is 0 Å². The zero-order valence-corrected chi connectivity index (χ0v) is 11.6. The van der Waals surface area contributed by atoms with Gasteiger partial charge in [-0.3, -0.25) is 4.79 Å². The second kappa shape index (κ2) is 6.25. The molecule has 7 heteroatoms. The number of carbonyl (C=O) groups excluding carboxylic acids is 1. The molecule has 2 aromatic rings. The Kier molecular flexibility index (Phi) is 4.42. The minimum Gasteiger partial charge on any atom is -0.363 e. The molecule has 1 N–H and O–H groups in total. The zero-order valence-electron chi connectivity index (χ0n) is 11.6. The maximum absolute atomic E-state index is 13.5. The molecule has 0 spiro atoms. The van der Waals surface area contributed by atoms with Crippen LogP contribution in [0, 0.1) is 11.6 Å². The summed E-state index contributed by atoms with van der Waals surface area (Å²) >= 11 is 0. The van der Waals surface area contributed by atoms with Crippen LogP contribution in [0.4, 0.5) is 14.6 Å². The van der Waals surface area contributed by atoms with Gasteiger partial charge in [0.2, 0.25) is 0 Å². The van der Waals surface area contributed by atoms with Crippen molar-refractivity contribution in [1.82, 2.24) is 15.3 Å². The van der Waals surface area contributed by atoms with Crippen LogP contribution >= 0.6 is 0 Å². The summed E-state index contributed by atoms with van der Waals surface area (Å²) in [5, 5.41) is 2.40. The smallest absolute Gasteiger partial charge is 0.257 e. The van der Waals surface area contributed by atoms with Crippen molar-refractivity contribution in [2.24, 2.45) is 0 Å². The number of nitrogens with zero attached hydrogens (tertiary/aromatic N) is 3. The first kappa shape index (κ1) is 14.8. The molecule has 0 atom stereocenters. The molecule has 2 rings (SSSR count). The fourth-order valence-corrected chi connectivity index (χ4v) is 1.69. The van der Waals surface area contributed by atoms with Gasteiger partial charge < -0.3 is 10.2 Å². The number of anilines is 1. The van der Waals surface area contributed by atoms with Crippen LogP contribution in [0.25, 0.3) is 0 Å². The molecule has 0 fully saturated rings. The Balaban J connectivity index is 2.09. The van der Waals surface area contributed by atoms with Crippen LogP contribution in [0.3, 0.4) is 0 Å². The Bertz CT molecular complexity index is 641. The largest absolute Gasteiger partial charge is 0.363 e. The lowest BCUT2D eigenvalue weighted by molar-refractivity contribution is 0.0941. The van der Waals surface area contributed by atoms with E-state index in [-0.39, 0.29) is 6.54 Å². The van der Waals surface area contributed by atoms with E-state index in [1.165, 1.54) is 6.07 Å². The maximum Gasteiger partial charge on any atom is 0.257 e. The Morgan fingerprint density at radius 1 is 1.24 bits per heavy atom. The molecule has 1 aromatic carbocycles.